The van der Waals surface area contributed by atoms with E-state index in [-0.39, 0.29) is 24.8 Å². The number of amides is 2. The molecule has 1 unspecified atom stereocenters. The first-order valence-electron chi connectivity index (χ1n) is 9.41. The molecule has 1 heterocycles. The summed E-state index contributed by atoms with van der Waals surface area (Å²) in [5, 5.41) is 12.1. The number of rotatable bonds is 6. The van der Waals surface area contributed by atoms with E-state index in [1.807, 2.05) is 12.1 Å². The van der Waals surface area contributed by atoms with Crippen LogP contribution in [0.1, 0.15) is 32.8 Å². The normalized spacial score (nSPS) is 16.0. The number of carboxylic acids is 1. The zero-order valence-electron chi connectivity index (χ0n) is 16.6. The molecular weight excluding hydrogens is 372 g/mol. The highest BCUT2D eigenvalue weighted by Gasteiger charge is 2.31. The first-order chi connectivity index (χ1) is 13.7. The van der Waals surface area contributed by atoms with Crippen molar-refractivity contribution in [1.29, 1.82) is 0 Å². The zero-order valence-corrected chi connectivity index (χ0v) is 16.6. The fourth-order valence-corrected chi connectivity index (χ4v) is 3.12. The number of benzene rings is 2. The molecule has 0 fully saturated rings. The van der Waals surface area contributed by atoms with E-state index in [2.05, 4.69) is 5.32 Å². The van der Waals surface area contributed by atoms with Crippen molar-refractivity contribution in [3.8, 4) is 5.75 Å². The van der Waals surface area contributed by atoms with Gasteiger partial charge < -0.3 is 20.1 Å². The van der Waals surface area contributed by atoms with Crippen molar-refractivity contribution in [3.05, 3.63) is 54.1 Å². The van der Waals surface area contributed by atoms with Crippen molar-refractivity contribution in [2.75, 3.05) is 16.8 Å². The van der Waals surface area contributed by atoms with Crippen LogP contribution in [-0.4, -0.2) is 35.5 Å². The number of carboxylic acid groups (broad SMARTS) is 1. The van der Waals surface area contributed by atoms with Crippen molar-refractivity contribution in [2.45, 2.75) is 38.7 Å². The van der Waals surface area contributed by atoms with Crippen LogP contribution in [0.15, 0.2) is 48.5 Å². The third kappa shape index (κ3) is 4.23. The van der Waals surface area contributed by atoms with Gasteiger partial charge in [-0.2, -0.15) is 0 Å². The van der Waals surface area contributed by atoms with Gasteiger partial charge in [0.2, 0.25) is 5.91 Å². The van der Waals surface area contributed by atoms with Crippen molar-refractivity contribution in [2.24, 2.45) is 0 Å². The molecule has 7 nitrogen and oxygen atoms in total. The van der Waals surface area contributed by atoms with Crippen LogP contribution in [0.2, 0.25) is 0 Å². The lowest BCUT2D eigenvalue weighted by Gasteiger charge is -2.32. The molecule has 0 spiro atoms. The second-order valence-corrected chi connectivity index (χ2v) is 7.52. The number of hydrogen-bond donors (Lipinski definition) is 2. The molecule has 152 valence electrons. The maximum atomic E-state index is 12.5. The van der Waals surface area contributed by atoms with Gasteiger partial charge in [-0.3, -0.25) is 14.4 Å². The minimum absolute atomic E-state index is 0.120. The van der Waals surface area contributed by atoms with Crippen molar-refractivity contribution < 1.29 is 24.2 Å². The van der Waals surface area contributed by atoms with E-state index in [0.29, 0.717) is 22.7 Å². The van der Waals surface area contributed by atoms with Crippen LogP contribution in [0, 0.1) is 0 Å². The number of ether oxygens (including phenoxy) is 1. The standard InChI is InChI=1S/C22H24N2O5/c1-14-20(26)24(17-6-4-5-7-18(17)29-14)13-12-19(25)23-16-10-8-15(9-11-16)22(2,3)21(27)28/h4-11,14H,12-13H2,1-3H3,(H,23,25)(H,27,28). The molecule has 1 aliphatic heterocycles. The largest absolute Gasteiger partial charge is 0.481 e. The molecule has 3 rings (SSSR count). The average molecular weight is 396 g/mol. The van der Waals surface area contributed by atoms with E-state index in [1.54, 1.807) is 62.1 Å². The minimum atomic E-state index is -1.01. The van der Waals surface area contributed by atoms with Gasteiger partial charge >= 0.3 is 5.97 Å². The Morgan fingerprint density at radius 3 is 2.45 bits per heavy atom. The second kappa shape index (κ2) is 7.95. The van der Waals surface area contributed by atoms with Crippen LogP contribution in [0.5, 0.6) is 5.75 Å². The number of para-hydroxylation sites is 2. The van der Waals surface area contributed by atoms with Gasteiger partial charge in [0.15, 0.2) is 6.10 Å². The fourth-order valence-electron chi connectivity index (χ4n) is 3.12. The molecule has 1 atom stereocenters. The molecular formula is C22H24N2O5. The summed E-state index contributed by atoms with van der Waals surface area (Å²) in [5.41, 5.74) is 0.863. The molecule has 2 aromatic rings. The average Bonchev–Trinajstić information content (AvgIpc) is 2.68. The highest BCUT2D eigenvalue weighted by Crippen LogP contribution is 2.33. The SMILES string of the molecule is CC1Oc2ccccc2N(CCC(=O)Nc2ccc(C(C)(C)C(=O)O)cc2)C1=O. The molecule has 7 heteroatoms. The van der Waals surface area contributed by atoms with E-state index in [0.717, 1.165) is 0 Å². The molecule has 2 aromatic carbocycles. The first-order valence-corrected chi connectivity index (χ1v) is 9.41. The number of nitrogens with zero attached hydrogens (tertiary/aromatic N) is 1. The molecule has 2 amide bonds. The number of anilines is 2. The van der Waals surface area contributed by atoms with Crippen molar-refractivity contribution in [3.63, 3.8) is 0 Å². The maximum Gasteiger partial charge on any atom is 0.313 e. The highest BCUT2D eigenvalue weighted by molar-refractivity contribution is 6.00. The van der Waals surface area contributed by atoms with E-state index in [1.165, 1.54) is 0 Å². The third-order valence-electron chi connectivity index (χ3n) is 5.06. The summed E-state index contributed by atoms with van der Waals surface area (Å²) in [4.78, 5) is 37.8. The molecule has 0 aliphatic carbocycles. The Hall–Kier alpha value is -3.35. The van der Waals surface area contributed by atoms with Crippen LogP contribution in [0.3, 0.4) is 0 Å². The number of aliphatic carboxylic acids is 1. The monoisotopic (exact) mass is 396 g/mol. The summed E-state index contributed by atoms with van der Waals surface area (Å²) in [6.07, 6.45) is -0.479. The third-order valence-corrected chi connectivity index (χ3v) is 5.06. The van der Waals surface area contributed by atoms with Gasteiger partial charge in [-0.25, -0.2) is 0 Å². The predicted molar refractivity (Wildman–Crippen MR) is 109 cm³/mol. The summed E-state index contributed by atoms with van der Waals surface area (Å²) in [6, 6.07) is 14.0. The Bertz CT molecular complexity index is 936. The van der Waals surface area contributed by atoms with Crippen LogP contribution in [0.25, 0.3) is 0 Å². The Kier molecular flexibility index (Phi) is 5.59. The van der Waals surface area contributed by atoms with E-state index < -0.39 is 17.5 Å². The molecule has 0 aromatic heterocycles. The summed E-state index contributed by atoms with van der Waals surface area (Å²) in [5.74, 6) is -0.716. The predicted octanol–water partition coefficient (Wildman–Crippen LogP) is 3.19. The van der Waals surface area contributed by atoms with Crippen molar-refractivity contribution >= 4 is 29.2 Å². The van der Waals surface area contributed by atoms with Gasteiger partial charge in [-0.1, -0.05) is 24.3 Å². The maximum absolute atomic E-state index is 12.5. The smallest absolute Gasteiger partial charge is 0.313 e. The zero-order chi connectivity index (χ0) is 21.2. The quantitative estimate of drug-likeness (QED) is 0.782. The summed E-state index contributed by atoms with van der Waals surface area (Å²) in [6.45, 7) is 5.17. The number of nitrogens with one attached hydrogen (secondary N) is 1. The lowest BCUT2D eigenvalue weighted by Crippen LogP contribution is -2.45. The fraction of sp³-hybridized carbons (Fsp3) is 0.318. The molecule has 0 saturated heterocycles. The van der Waals surface area contributed by atoms with E-state index >= 15 is 0 Å². The van der Waals surface area contributed by atoms with Crippen LogP contribution in [-0.2, 0) is 19.8 Å². The molecule has 0 bridgehead atoms. The van der Waals surface area contributed by atoms with Crippen LogP contribution >= 0.6 is 0 Å². The molecule has 1 aliphatic rings. The van der Waals surface area contributed by atoms with Gasteiger partial charge in [0.25, 0.3) is 5.91 Å². The van der Waals surface area contributed by atoms with Crippen LogP contribution < -0.4 is 15.0 Å². The minimum Gasteiger partial charge on any atom is -0.481 e. The summed E-state index contributed by atoms with van der Waals surface area (Å²) >= 11 is 0. The molecule has 29 heavy (non-hydrogen) atoms. The van der Waals surface area contributed by atoms with Gasteiger partial charge in [0, 0.05) is 18.7 Å². The number of carbonyl (C=O) groups is 3. The van der Waals surface area contributed by atoms with E-state index in [4.69, 9.17) is 4.74 Å². The number of carbonyl (C=O) groups excluding carboxylic acids is 2. The van der Waals surface area contributed by atoms with E-state index in [9.17, 15) is 19.5 Å². The molecule has 0 saturated carbocycles. The van der Waals surface area contributed by atoms with Crippen molar-refractivity contribution in [1.82, 2.24) is 0 Å². The highest BCUT2D eigenvalue weighted by atomic mass is 16.5. The second-order valence-electron chi connectivity index (χ2n) is 7.52. The Balaban J connectivity index is 1.63. The topological polar surface area (TPSA) is 95.9 Å². The van der Waals surface area contributed by atoms with Crippen LogP contribution in [0.4, 0.5) is 11.4 Å². The summed E-state index contributed by atoms with van der Waals surface area (Å²) in [7, 11) is 0. The van der Waals surface area contributed by atoms with Gasteiger partial charge in [0.05, 0.1) is 11.1 Å². The number of fused-ring (bicyclic) bond motifs is 1. The Morgan fingerprint density at radius 2 is 1.79 bits per heavy atom. The summed E-state index contributed by atoms with van der Waals surface area (Å²) < 4.78 is 5.60. The lowest BCUT2D eigenvalue weighted by molar-refractivity contribution is -0.142. The Labute approximate surface area is 169 Å². The van der Waals surface area contributed by atoms with Gasteiger partial charge in [-0.15, -0.1) is 0 Å². The van der Waals surface area contributed by atoms with Gasteiger partial charge in [-0.05, 0) is 50.6 Å². The lowest BCUT2D eigenvalue weighted by atomic mass is 9.85. The molecule has 0 radical (unpaired) electrons. The number of hydrogen-bond acceptors (Lipinski definition) is 4. The Morgan fingerprint density at radius 1 is 1.14 bits per heavy atom. The molecule has 2 N–H and O–H groups in total. The first kappa shape index (κ1) is 20.4. The van der Waals surface area contributed by atoms with Gasteiger partial charge in [0.1, 0.15) is 5.75 Å².